The van der Waals surface area contributed by atoms with Crippen LogP contribution in [0.25, 0.3) is 12.2 Å². The molecule has 2 amide bonds. The number of nitrogens with zero attached hydrogens (tertiary/aromatic N) is 2. The van der Waals surface area contributed by atoms with Gasteiger partial charge in [0.15, 0.2) is 0 Å². The molecule has 4 aromatic rings. The Labute approximate surface area is 236 Å². The highest BCUT2D eigenvalue weighted by Crippen LogP contribution is 2.47. The summed E-state index contributed by atoms with van der Waals surface area (Å²) in [5.41, 5.74) is 6.84. The molecule has 4 aromatic carbocycles. The summed E-state index contributed by atoms with van der Waals surface area (Å²) in [5, 5.41) is 1.06. The predicted octanol–water partition coefficient (Wildman–Crippen LogP) is 6.98. The Balaban J connectivity index is 1.27. The third kappa shape index (κ3) is 5.50. The molecule has 5 nitrogen and oxygen atoms in total. The van der Waals surface area contributed by atoms with Crippen molar-refractivity contribution in [3.63, 3.8) is 0 Å². The van der Waals surface area contributed by atoms with Crippen LogP contribution >= 0.6 is 23.5 Å². The number of anilines is 2. The maximum atomic E-state index is 13.5. The number of rotatable bonds is 6. The molecule has 0 aromatic heterocycles. The molecule has 1 unspecified atom stereocenters. The van der Waals surface area contributed by atoms with Gasteiger partial charge < -0.3 is 4.90 Å². The third-order valence-corrected chi connectivity index (χ3v) is 8.65. The molecule has 2 heterocycles. The maximum absolute atomic E-state index is 13.5. The lowest BCUT2D eigenvalue weighted by Gasteiger charge is -2.33. The van der Waals surface area contributed by atoms with Crippen molar-refractivity contribution < 1.29 is 9.59 Å². The first kappa shape index (κ1) is 25.1. The number of carbonyl (C=O) groups excluding carboxylic acids is 2. The van der Waals surface area contributed by atoms with Gasteiger partial charge in [0.2, 0.25) is 0 Å². The number of benzene rings is 4. The number of thioether (sulfide) groups is 1. The van der Waals surface area contributed by atoms with Gasteiger partial charge in [0.25, 0.3) is 11.8 Å². The second kappa shape index (κ2) is 11.3. The van der Waals surface area contributed by atoms with E-state index in [1.54, 1.807) is 11.8 Å². The molecule has 2 aliphatic rings. The van der Waals surface area contributed by atoms with Crippen LogP contribution in [-0.2, 0) is 9.59 Å². The molecular formula is C32H25N3O2S2. The molecule has 1 saturated heterocycles. The molecule has 0 spiro atoms. The van der Waals surface area contributed by atoms with Gasteiger partial charge in [0, 0.05) is 9.79 Å². The van der Waals surface area contributed by atoms with Gasteiger partial charge in [-0.15, -0.1) is 0 Å². The predicted molar refractivity (Wildman–Crippen MR) is 160 cm³/mol. The van der Waals surface area contributed by atoms with Crippen LogP contribution in [0.5, 0.6) is 0 Å². The summed E-state index contributed by atoms with van der Waals surface area (Å²) in [4.78, 5) is 31.8. The van der Waals surface area contributed by atoms with Crippen molar-refractivity contribution in [3.8, 4) is 0 Å². The zero-order chi connectivity index (χ0) is 26.6. The van der Waals surface area contributed by atoms with Crippen LogP contribution in [0.15, 0.2) is 130 Å². The lowest BCUT2D eigenvalue weighted by Crippen LogP contribution is -2.49. The van der Waals surface area contributed by atoms with E-state index in [1.165, 1.54) is 16.8 Å². The number of hydrazine groups is 1. The van der Waals surface area contributed by atoms with Crippen molar-refractivity contribution in [2.24, 2.45) is 0 Å². The van der Waals surface area contributed by atoms with Crippen molar-refractivity contribution >= 4 is 58.9 Å². The van der Waals surface area contributed by atoms with Gasteiger partial charge in [-0.1, -0.05) is 115 Å². The molecule has 1 atom stereocenters. The SMILES string of the molecule is O=C(CN1c2ccccc2Sc2ccccc21)NN1C(=O)/C(=C\c2ccccc2)SC1/C=C\c1ccccc1. The van der Waals surface area contributed by atoms with E-state index in [1.807, 2.05) is 120 Å². The molecule has 0 aliphatic carbocycles. The van der Waals surface area contributed by atoms with E-state index in [-0.39, 0.29) is 23.7 Å². The zero-order valence-electron chi connectivity index (χ0n) is 20.9. The molecule has 0 bridgehead atoms. The molecule has 0 saturated carbocycles. The van der Waals surface area contributed by atoms with E-state index in [9.17, 15) is 9.59 Å². The van der Waals surface area contributed by atoms with Crippen LogP contribution in [-0.4, -0.2) is 28.7 Å². The lowest BCUT2D eigenvalue weighted by molar-refractivity contribution is -0.136. The average Bonchev–Trinajstić information content (AvgIpc) is 3.26. The van der Waals surface area contributed by atoms with Crippen LogP contribution in [0.3, 0.4) is 0 Å². The van der Waals surface area contributed by atoms with Crippen LogP contribution in [0.2, 0.25) is 0 Å². The van der Waals surface area contributed by atoms with Crippen molar-refractivity contribution in [1.82, 2.24) is 10.4 Å². The third-order valence-electron chi connectivity index (χ3n) is 6.36. The van der Waals surface area contributed by atoms with E-state index in [0.29, 0.717) is 4.91 Å². The van der Waals surface area contributed by atoms with Crippen LogP contribution in [0.1, 0.15) is 11.1 Å². The van der Waals surface area contributed by atoms with Crippen LogP contribution in [0, 0.1) is 0 Å². The molecule has 192 valence electrons. The van der Waals surface area contributed by atoms with E-state index in [2.05, 4.69) is 17.6 Å². The highest BCUT2D eigenvalue weighted by atomic mass is 32.2. The molecule has 2 aliphatic heterocycles. The number of fused-ring (bicyclic) bond motifs is 2. The standard InChI is InChI=1S/C32H25N3O2S2/c36-30(22-34-25-15-7-9-17-27(25)38-28-18-10-8-16-26(28)34)33-35-31(20-19-23-11-3-1-4-12-23)39-29(32(35)37)21-24-13-5-2-6-14-24/h1-21,31H,22H2,(H,33,36)/b20-19-,29-21+. The largest absolute Gasteiger partial charge is 0.330 e. The Morgan fingerprint density at radius 1 is 0.769 bits per heavy atom. The van der Waals surface area contributed by atoms with Gasteiger partial charge in [-0.05, 0) is 47.5 Å². The summed E-state index contributed by atoms with van der Waals surface area (Å²) in [6.07, 6.45) is 5.80. The molecule has 1 fully saturated rings. The maximum Gasteiger partial charge on any atom is 0.280 e. The monoisotopic (exact) mass is 547 g/mol. The molecule has 6 rings (SSSR count). The van der Waals surface area contributed by atoms with E-state index < -0.39 is 0 Å². The van der Waals surface area contributed by atoms with E-state index >= 15 is 0 Å². The molecule has 1 N–H and O–H groups in total. The van der Waals surface area contributed by atoms with Gasteiger partial charge >= 0.3 is 0 Å². The summed E-state index contributed by atoms with van der Waals surface area (Å²) in [6.45, 7) is 0.0793. The fraction of sp³-hybridized carbons (Fsp3) is 0.0625. The molecule has 7 heteroatoms. The molecule has 39 heavy (non-hydrogen) atoms. The Morgan fingerprint density at radius 3 is 1.97 bits per heavy atom. The first-order valence-corrected chi connectivity index (χ1v) is 14.3. The fourth-order valence-corrected chi connectivity index (χ4v) is 6.70. The Morgan fingerprint density at radius 2 is 1.33 bits per heavy atom. The number of amides is 2. The highest BCUT2D eigenvalue weighted by molar-refractivity contribution is 8.05. The first-order valence-electron chi connectivity index (χ1n) is 12.6. The van der Waals surface area contributed by atoms with Crippen molar-refractivity contribution in [3.05, 3.63) is 131 Å². The Bertz CT molecular complexity index is 1530. The van der Waals surface area contributed by atoms with E-state index in [0.717, 1.165) is 32.3 Å². The normalized spacial score (nSPS) is 17.4. The minimum absolute atomic E-state index is 0.0793. The van der Waals surface area contributed by atoms with Crippen LogP contribution < -0.4 is 10.3 Å². The quantitative estimate of drug-likeness (QED) is 0.264. The number of para-hydroxylation sites is 2. The van der Waals surface area contributed by atoms with Gasteiger partial charge in [0.05, 0.1) is 16.3 Å². The van der Waals surface area contributed by atoms with Gasteiger partial charge in [-0.3, -0.25) is 15.0 Å². The van der Waals surface area contributed by atoms with Gasteiger partial charge in [-0.2, -0.15) is 0 Å². The zero-order valence-corrected chi connectivity index (χ0v) is 22.6. The summed E-state index contributed by atoms with van der Waals surface area (Å²) in [6, 6.07) is 35.8. The number of carbonyl (C=O) groups is 2. The smallest absolute Gasteiger partial charge is 0.280 e. The topological polar surface area (TPSA) is 52.7 Å². The second-order valence-corrected chi connectivity index (χ2v) is 11.3. The number of nitrogens with one attached hydrogen (secondary N) is 1. The van der Waals surface area contributed by atoms with Crippen LogP contribution in [0.4, 0.5) is 11.4 Å². The van der Waals surface area contributed by atoms with Crippen molar-refractivity contribution in [2.75, 3.05) is 11.4 Å². The summed E-state index contributed by atoms with van der Waals surface area (Å²) < 4.78 is 0. The minimum Gasteiger partial charge on any atom is -0.330 e. The Hall–Kier alpha value is -4.20. The number of hydrogen-bond donors (Lipinski definition) is 1. The lowest BCUT2D eigenvalue weighted by atomic mass is 10.2. The molecular weight excluding hydrogens is 523 g/mol. The van der Waals surface area contributed by atoms with Crippen molar-refractivity contribution in [2.45, 2.75) is 15.2 Å². The highest BCUT2D eigenvalue weighted by Gasteiger charge is 2.36. The summed E-state index contributed by atoms with van der Waals surface area (Å²) in [7, 11) is 0. The van der Waals surface area contributed by atoms with E-state index in [4.69, 9.17) is 0 Å². The summed E-state index contributed by atoms with van der Waals surface area (Å²) in [5.74, 6) is -0.491. The minimum atomic E-state index is -0.381. The second-order valence-electron chi connectivity index (χ2n) is 9.03. The first-order chi connectivity index (χ1) is 19.2. The Kier molecular flexibility index (Phi) is 7.25. The van der Waals surface area contributed by atoms with Gasteiger partial charge in [0.1, 0.15) is 11.9 Å². The summed E-state index contributed by atoms with van der Waals surface area (Å²) >= 11 is 3.12. The van der Waals surface area contributed by atoms with Crippen molar-refractivity contribution in [1.29, 1.82) is 0 Å². The fourth-order valence-electron chi connectivity index (χ4n) is 4.53. The molecule has 0 radical (unpaired) electrons. The van der Waals surface area contributed by atoms with Gasteiger partial charge in [-0.25, -0.2) is 5.01 Å². The average molecular weight is 548 g/mol. The number of hydrogen-bond acceptors (Lipinski definition) is 5.